The highest BCUT2D eigenvalue weighted by Crippen LogP contribution is 2.44. The van der Waals surface area contributed by atoms with E-state index in [1.165, 1.54) is 0 Å². The van der Waals surface area contributed by atoms with E-state index in [0.717, 1.165) is 18.4 Å². The minimum atomic E-state index is -0.365. The summed E-state index contributed by atoms with van der Waals surface area (Å²) < 4.78 is 10.5. The first kappa shape index (κ1) is 15.6. The Kier molecular flexibility index (Phi) is 4.73. The molecular weight excluding hydrogens is 268 g/mol. The zero-order valence-electron chi connectivity index (χ0n) is 12.9. The SMILES string of the molecule is COc1ccc(CNC(=O)C2(CN)CC(C)C2)cc1OC. The molecule has 116 valence electrons. The molecule has 1 saturated carbocycles. The van der Waals surface area contributed by atoms with Crippen LogP contribution in [0.15, 0.2) is 18.2 Å². The minimum Gasteiger partial charge on any atom is -0.493 e. The molecule has 5 heteroatoms. The highest BCUT2D eigenvalue weighted by atomic mass is 16.5. The Bertz CT molecular complexity index is 510. The van der Waals surface area contributed by atoms with E-state index in [1.807, 2.05) is 18.2 Å². The van der Waals surface area contributed by atoms with Crippen molar-refractivity contribution < 1.29 is 14.3 Å². The van der Waals surface area contributed by atoms with Crippen molar-refractivity contribution in [2.24, 2.45) is 17.1 Å². The molecule has 3 N–H and O–H groups in total. The molecule has 0 spiro atoms. The summed E-state index contributed by atoms with van der Waals surface area (Å²) in [4.78, 5) is 12.3. The lowest BCUT2D eigenvalue weighted by atomic mass is 9.62. The summed E-state index contributed by atoms with van der Waals surface area (Å²) in [5, 5.41) is 2.99. The van der Waals surface area contributed by atoms with Gasteiger partial charge in [-0.2, -0.15) is 0 Å². The van der Waals surface area contributed by atoms with Crippen LogP contribution in [-0.2, 0) is 11.3 Å². The van der Waals surface area contributed by atoms with Crippen LogP contribution < -0.4 is 20.5 Å². The summed E-state index contributed by atoms with van der Waals surface area (Å²) >= 11 is 0. The maximum Gasteiger partial charge on any atom is 0.227 e. The van der Waals surface area contributed by atoms with Crippen LogP contribution in [0.5, 0.6) is 11.5 Å². The van der Waals surface area contributed by atoms with Gasteiger partial charge < -0.3 is 20.5 Å². The summed E-state index contributed by atoms with van der Waals surface area (Å²) in [6.07, 6.45) is 1.75. The number of methoxy groups -OCH3 is 2. The number of amides is 1. The molecule has 2 rings (SSSR count). The average molecular weight is 292 g/mol. The average Bonchev–Trinajstić information content (AvgIpc) is 2.48. The molecule has 1 aromatic carbocycles. The predicted octanol–water partition coefficient (Wildman–Crippen LogP) is 1.69. The van der Waals surface area contributed by atoms with E-state index in [4.69, 9.17) is 15.2 Å². The van der Waals surface area contributed by atoms with Gasteiger partial charge in [-0.25, -0.2) is 0 Å². The van der Waals surface area contributed by atoms with Gasteiger partial charge in [0.25, 0.3) is 0 Å². The van der Waals surface area contributed by atoms with Crippen LogP contribution in [-0.4, -0.2) is 26.7 Å². The first-order valence-corrected chi connectivity index (χ1v) is 7.24. The number of hydrogen-bond donors (Lipinski definition) is 2. The lowest BCUT2D eigenvalue weighted by molar-refractivity contribution is -0.138. The van der Waals surface area contributed by atoms with E-state index in [1.54, 1.807) is 14.2 Å². The van der Waals surface area contributed by atoms with E-state index in [-0.39, 0.29) is 11.3 Å². The zero-order valence-corrected chi connectivity index (χ0v) is 12.9. The Labute approximate surface area is 125 Å². The van der Waals surface area contributed by atoms with Crippen LogP contribution in [0.4, 0.5) is 0 Å². The van der Waals surface area contributed by atoms with Crippen molar-refractivity contribution in [2.45, 2.75) is 26.3 Å². The standard InChI is InChI=1S/C16H24N2O3/c1-11-7-16(8-11,10-17)15(19)18-9-12-4-5-13(20-2)14(6-12)21-3/h4-6,11H,7-10,17H2,1-3H3,(H,18,19). The Morgan fingerprint density at radius 1 is 1.33 bits per heavy atom. The maximum absolute atomic E-state index is 12.3. The third-order valence-electron chi connectivity index (χ3n) is 4.25. The number of hydrogen-bond acceptors (Lipinski definition) is 4. The second kappa shape index (κ2) is 6.35. The number of rotatable bonds is 6. The predicted molar refractivity (Wildman–Crippen MR) is 81.3 cm³/mol. The van der Waals surface area contributed by atoms with Gasteiger partial charge in [0, 0.05) is 13.1 Å². The van der Waals surface area contributed by atoms with Gasteiger partial charge >= 0.3 is 0 Å². The van der Waals surface area contributed by atoms with E-state index < -0.39 is 0 Å². The molecule has 1 amide bonds. The van der Waals surface area contributed by atoms with E-state index in [9.17, 15) is 4.79 Å². The van der Waals surface area contributed by atoms with Crippen LogP contribution >= 0.6 is 0 Å². The minimum absolute atomic E-state index is 0.0536. The van der Waals surface area contributed by atoms with E-state index in [2.05, 4.69) is 12.2 Å². The van der Waals surface area contributed by atoms with E-state index in [0.29, 0.717) is 30.5 Å². The summed E-state index contributed by atoms with van der Waals surface area (Å²) in [5.74, 6) is 1.98. The van der Waals surface area contributed by atoms with Gasteiger partial charge in [-0.05, 0) is 36.5 Å². The molecule has 1 aliphatic carbocycles. The highest BCUT2D eigenvalue weighted by Gasteiger charge is 2.46. The van der Waals surface area contributed by atoms with Crippen LogP contribution in [0.2, 0.25) is 0 Å². The topological polar surface area (TPSA) is 73.6 Å². The maximum atomic E-state index is 12.3. The molecule has 0 radical (unpaired) electrons. The van der Waals surface area contributed by atoms with Gasteiger partial charge in [-0.1, -0.05) is 13.0 Å². The quantitative estimate of drug-likeness (QED) is 0.837. The number of nitrogens with two attached hydrogens (primary N) is 1. The number of ether oxygens (including phenoxy) is 2. The molecule has 1 aromatic rings. The van der Waals surface area contributed by atoms with Gasteiger partial charge in [-0.15, -0.1) is 0 Å². The van der Waals surface area contributed by atoms with Crippen molar-refractivity contribution in [2.75, 3.05) is 20.8 Å². The van der Waals surface area contributed by atoms with Crippen molar-refractivity contribution in [3.8, 4) is 11.5 Å². The van der Waals surface area contributed by atoms with Gasteiger partial charge in [0.1, 0.15) is 0 Å². The molecule has 1 fully saturated rings. The van der Waals surface area contributed by atoms with Gasteiger partial charge in [0.15, 0.2) is 11.5 Å². The van der Waals surface area contributed by atoms with Crippen molar-refractivity contribution in [3.63, 3.8) is 0 Å². The molecule has 0 aromatic heterocycles. The Balaban J connectivity index is 1.98. The first-order chi connectivity index (χ1) is 10.0. The second-order valence-corrected chi connectivity index (χ2v) is 5.87. The smallest absolute Gasteiger partial charge is 0.227 e. The number of benzene rings is 1. The van der Waals surface area contributed by atoms with Crippen LogP contribution in [0.25, 0.3) is 0 Å². The van der Waals surface area contributed by atoms with Crippen LogP contribution in [0, 0.1) is 11.3 Å². The second-order valence-electron chi connectivity index (χ2n) is 5.87. The lowest BCUT2D eigenvalue weighted by Gasteiger charge is -2.44. The largest absolute Gasteiger partial charge is 0.493 e. The Morgan fingerprint density at radius 2 is 2.00 bits per heavy atom. The third kappa shape index (κ3) is 3.13. The Morgan fingerprint density at radius 3 is 2.52 bits per heavy atom. The van der Waals surface area contributed by atoms with Crippen LogP contribution in [0.3, 0.4) is 0 Å². The van der Waals surface area contributed by atoms with Gasteiger partial charge in [0.2, 0.25) is 5.91 Å². The molecule has 5 nitrogen and oxygen atoms in total. The number of carbonyl (C=O) groups is 1. The molecule has 0 bridgehead atoms. The molecule has 21 heavy (non-hydrogen) atoms. The molecule has 1 aliphatic rings. The van der Waals surface area contributed by atoms with Crippen molar-refractivity contribution in [1.82, 2.24) is 5.32 Å². The molecule has 0 atom stereocenters. The first-order valence-electron chi connectivity index (χ1n) is 7.24. The zero-order chi connectivity index (χ0) is 15.5. The van der Waals surface area contributed by atoms with E-state index >= 15 is 0 Å². The van der Waals surface area contributed by atoms with Crippen molar-refractivity contribution >= 4 is 5.91 Å². The monoisotopic (exact) mass is 292 g/mol. The van der Waals surface area contributed by atoms with Crippen LogP contribution in [0.1, 0.15) is 25.3 Å². The third-order valence-corrected chi connectivity index (χ3v) is 4.25. The fourth-order valence-corrected chi connectivity index (χ4v) is 3.08. The summed E-state index contributed by atoms with van der Waals surface area (Å²) in [6.45, 7) is 3.03. The Hall–Kier alpha value is -1.75. The fourth-order valence-electron chi connectivity index (χ4n) is 3.08. The molecule has 0 saturated heterocycles. The molecule has 0 aliphatic heterocycles. The van der Waals surface area contributed by atoms with Crippen molar-refractivity contribution in [3.05, 3.63) is 23.8 Å². The molecule has 0 heterocycles. The lowest BCUT2D eigenvalue weighted by Crippen LogP contribution is -2.53. The molecule has 0 unspecified atom stereocenters. The van der Waals surface area contributed by atoms with Gasteiger partial charge in [-0.3, -0.25) is 4.79 Å². The normalized spacial score (nSPS) is 24.1. The summed E-state index contributed by atoms with van der Waals surface area (Å²) in [6, 6.07) is 5.63. The van der Waals surface area contributed by atoms with Gasteiger partial charge in [0.05, 0.1) is 19.6 Å². The number of nitrogens with one attached hydrogen (secondary N) is 1. The fraction of sp³-hybridized carbons (Fsp3) is 0.562. The molecular formula is C16H24N2O3. The number of carbonyl (C=O) groups excluding carboxylic acids is 1. The summed E-state index contributed by atoms with van der Waals surface area (Å²) in [5.41, 5.74) is 6.39. The summed E-state index contributed by atoms with van der Waals surface area (Å²) in [7, 11) is 3.20. The highest BCUT2D eigenvalue weighted by molar-refractivity contribution is 5.83. The van der Waals surface area contributed by atoms with Crippen molar-refractivity contribution in [1.29, 1.82) is 0 Å².